The van der Waals surface area contributed by atoms with Crippen molar-refractivity contribution in [1.82, 2.24) is 4.98 Å². The minimum Gasteiger partial charge on any atom is -0.441 e. The number of rotatable bonds is 4. The van der Waals surface area contributed by atoms with Crippen molar-refractivity contribution in [2.24, 2.45) is 0 Å². The molecule has 0 aliphatic carbocycles. The summed E-state index contributed by atoms with van der Waals surface area (Å²) in [6.07, 6.45) is 1.09. The first-order valence-corrected chi connectivity index (χ1v) is 9.68. The summed E-state index contributed by atoms with van der Waals surface area (Å²) in [4.78, 5) is 17.8. The first-order chi connectivity index (χ1) is 14.0. The van der Waals surface area contributed by atoms with Crippen molar-refractivity contribution in [2.75, 3.05) is 18.5 Å². The number of ether oxygens (including phenoxy) is 1. The Morgan fingerprint density at radius 3 is 2.48 bits per heavy atom. The molecule has 0 saturated carbocycles. The van der Waals surface area contributed by atoms with Crippen LogP contribution in [0.2, 0.25) is 0 Å². The Morgan fingerprint density at radius 2 is 1.83 bits per heavy atom. The molecule has 2 aromatic carbocycles. The quantitative estimate of drug-likeness (QED) is 0.691. The van der Waals surface area contributed by atoms with E-state index in [1.54, 1.807) is 12.1 Å². The van der Waals surface area contributed by atoms with E-state index in [1.807, 2.05) is 38.1 Å². The monoisotopic (exact) mass is 394 g/mol. The molecule has 4 rings (SSSR count). The van der Waals surface area contributed by atoms with Gasteiger partial charge in [0.2, 0.25) is 11.8 Å². The third kappa shape index (κ3) is 3.80. The van der Waals surface area contributed by atoms with E-state index in [4.69, 9.17) is 9.15 Å². The molecule has 1 aromatic heterocycles. The van der Waals surface area contributed by atoms with Crippen molar-refractivity contribution in [2.45, 2.75) is 32.1 Å². The lowest BCUT2D eigenvalue weighted by Crippen LogP contribution is -2.44. The van der Waals surface area contributed by atoms with Gasteiger partial charge >= 0.3 is 0 Å². The molecule has 0 atom stereocenters. The molecule has 0 bridgehead atoms. The van der Waals surface area contributed by atoms with E-state index in [2.05, 4.69) is 10.3 Å². The number of hydrogen-bond acceptors (Lipinski definition) is 4. The van der Waals surface area contributed by atoms with E-state index in [0.717, 1.165) is 22.6 Å². The van der Waals surface area contributed by atoms with Gasteiger partial charge in [-0.1, -0.05) is 18.2 Å². The molecule has 1 aliphatic heterocycles. The van der Waals surface area contributed by atoms with E-state index in [0.29, 0.717) is 37.6 Å². The van der Waals surface area contributed by atoms with Crippen molar-refractivity contribution in [3.63, 3.8) is 0 Å². The highest BCUT2D eigenvalue weighted by atomic mass is 19.1. The number of aryl methyl sites for hydroxylation is 2. The van der Waals surface area contributed by atoms with E-state index in [1.165, 1.54) is 12.1 Å². The van der Waals surface area contributed by atoms with E-state index >= 15 is 0 Å². The van der Waals surface area contributed by atoms with Gasteiger partial charge in [0.25, 0.3) is 0 Å². The lowest BCUT2D eigenvalue weighted by atomic mass is 9.73. The van der Waals surface area contributed by atoms with Gasteiger partial charge in [-0.05, 0) is 62.6 Å². The minimum absolute atomic E-state index is 0.121. The number of oxazole rings is 1. The Labute approximate surface area is 168 Å². The smallest absolute Gasteiger partial charge is 0.235 e. The van der Waals surface area contributed by atoms with Crippen molar-refractivity contribution in [1.29, 1.82) is 0 Å². The summed E-state index contributed by atoms with van der Waals surface area (Å²) in [5.74, 6) is 0.854. The van der Waals surface area contributed by atoms with Crippen LogP contribution in [0.25, 0.3) is 11.5 Å². The summed E-state index contributed by atoms with van der Waals surface area (Å²) in [6, 6.07) is 13.6. The standard InChI is InChI=1S/C23H23FN2O3/c1-15-16(2)29-21(25-15)17-4-3-5-20(14-17)26-22(27)23(10-12-28-13-11-23)18-6-8-19(24)9-7-18/h3-9,14H,10-13H2,1-2H3,(H,26,27). The highest BCUT2D eigenvalue weighted by Crippen LogP contribution is 2.36. The number of carbonyl (C=O) groups excluding carboxylic acids is 1. The third-order valence-electron chi connectivity index (χ3n) is 5.57. The van der Waals surface area contributed by atoms with Crippen molar-refractivity contribution in [3.05, 3.63) is 71.4 Å². The predicted octanol–water partition coefficient (Wildman–Crippen LogP) is 4.78. The highest BCUT2D eigenvalue weighted by Gasteiger charge is 2.41. The summed E-state index contributed by atoms with van der Waals surface area (Å²) in [5.41, 5.74) is 2.34. The molecule has 0 spiro atoms. The second-order valence-corrected chi connectivity index (χ2v) is 7.40. The molecule has 1 saturated heterocycles. The van der Waals surface area contributed by atoms with Crippen LogP contribution in [0, 0.1) is 19.7 Å². The number of carbonyl (C=O) groups is 1. The van der Waals surface area contributed by atoms with Crippen LogP contribution < -0.4 is 5.32 Å². The predicted molar refractivity (Wildman–Crippen MR) is 108 cm³/mol. The Balaban J connectivity index is 1.63. The van der Waals surface area contributed by atoms with Crippen LogP contribution >= 0.6 is 0 Å². The van der Waals surface area contributed by atoms with Crippen molar-refractivity contribution >= 4 is 11.6 Å². The number of nitrogens with one attached hydrogen (secondary N) is 1. The number of nitrogens with zero attached hydrogens (tertiary/aromatic N) is 1. The molecular formula is C23H23FN2O3. The highest BCUT2D eigenvalue weighted by molar-refractivity contribution is 5.99. The average Bonchev–Trinajstić information content (AvgIpc) is 3.08. The molecule has 1 amide bonds. The molecule has 3 aromatic rings. The molecular weight excluding hydrogens is 371 g/mol. The van der Waals surface area contributed by atoms with Crippen molar-refractivity contribution < 1.29 is 18.3 Å². The summed E-state index contributed by atoms with van der Waals surface area (Å²) in [5, 5.41) is 3.04. The Bertz CT molecular complexity index is 1000. The maximum absolute atomic E-state index is 13.4. The second-order valence-electron chi connectivity index (χ2n) is 7.40. The van der Waals surface area contributed by atoms with Gasteiger partial charge in [0.05, 0.1) is 11.1 Å². The Hall–Kier alpha value is -2.99. The molecule has 150 valence electrons. The molecule has 2 heterocycles. The first-order valence-electron chi connectivity index (χ1n) is 9.68. The second kappa shape index (κ2) is 7.79. The average molecular weight is 394 g/mol. The fourth-order valence-corrected chi connectivity index (χ4v) is 3.71. The number of hydrogen-bond donors (Lipinski definition) is 1. The van der Waals surface area contributed by atoms with E-state index in [-0.39, 0.29) is 11.7 Å². The summed E-state index contributed by atoms with van der Waals surface area (Å²) < 4.78 is 24.6. The number of halogens is 1. The molecule has 6 heteroatoms. The van der Waals surface area contributed by atoms with Crippen molar-refractivity contribution in [3.8, 4) is 11.5 Å². The molecule has 29 heavy (non-hydrogen) atoms. The molecule has 5 nitrogen and oxygen atoms in total. The van der Waals surface area contributed by atoms with Gasteiger partial charge in [-0.15, -0.1) is 0 Å². The summed E-state index contributed by atoms with van der Waals surface area (Å²) >= 11 is 0. The molecule has 1 N–H and O–H groups in total. The first kappa shape index (κ1) is 19.3. The topological polar surface area (TPSA) is 64.4 Å². The fraction of sp³-hybridized carbons (Fsp3) is 0.304. The van der Waals surface area contributed by atoms with Crippen LogP contribution in [0.1, 0.15) is 29.9 Å². The Morgan fingerprint density at radius 1 is 1.10 bits per heavy atom. The van der Waals surface area contributed by atoms with Crippen LogP contribution in [-0.2, 0) is 14.9 Å². The zero-order chi connectivity index (χ0) is 20.4. The number of benzene rings is 2. The number of aromatic nitrogens is 1. The summed E-state index contributed by atoms with van der Waals surface area (Å²) in [7, 11) is 0. The van der Waals surface area contributed by atoms with Gasteiger partial charge in [-0.3, -0.25) is 4.79 Å². The lowest BCUT2D eigenvalue weighted by molar-refractivity contribution is -0.125. The molecule has 1 aliphatic rings. The van der Waals surface area contributed by atoms with Crippen LogP contribution in [0.3, 0.4) is 0 Å². The lowest BCUT2D eigenvalue weighted by Gasteiger charge is -2.36. The summed E-state index contributed by atoms with van der Waals surface area (Å²) in [6.45, 7) is 4.74. The van der Waals surface area contributed by atoms with E-state index < -0.39 is 5.41 Å². The normalized spacial score (nSPS) is 15.8. The molecule has 0 radical (unpaired) electrons. The number of amides is 1. The molecule has 0 unspecified atom stereocenters. The van der Waals surface area contributed by atoms with Gasteiger partial charge in [-0.25, -0.2) is 9.37 Å². The minimum atomic E-state index is -0.752. The Kier molecular flexibility index (Phi) is 5.20. The maximum Gasteiger partial charge on any atom is 0.235 e. The molecule has 1 fully saturated rings. The van der Waals surface area contributed by atoms with Gasteiger partial charge < -0.3 is 14.5 Å². The maximum atomic E-state index is 13.4. The number of anilines is 1. The zero-order valence-corrected chi connectivity index (χ0v) is 16.5. The largest absolute Gasteiger partial charge is 0.441 e. The van der Waals surface area contributed by atoms with Gasteiger partial charge in [0.15, 0.2) is 0 Å². The van der Waals surface area contributed by atoms with Crippen LogP contribution in [0.5, 0.6) is 0 Å². The van der Waals surface area contributed by atoms with Gasteiger partial charge in [-0.2, -0.15) is 0 Å². The fourth-order valence-electron chi connectivity index (χ4n) is 3.71. The van der Waals surface area contributed by atoms with Gasteiger partial charge in [0.1, 0.15) is 11.6 Å². The van der Waals surface area contributed by atoms with Gasteiger partial charge in [0, 0.05) is 24.5 Å². The zero-order valence-electron chi connectivity index (χ0n) is 16.5. The van der Waals surface area contributed by atoms with E-state index in [9.17, 15) is 9.18 Å². The van der Waals surface area contributed by atoms with Crippen LogP contribution in [0.4, 0.5) is 10.1 Å². The van der Waals surface area contributed by atoms with Crippen LogP contribution in [0.15, 0.2) is 52.9 Å². The third-order valence-corrected chi connectivity index (χ3v) is 5.57. The van der Waals surface area contributed by atoms with Crippen LogP contribution in [-0.4, -0.2) is 24.1 Å². The SMILES string of the molecule is Cc1nc(-c2cccc(NC(=O)C3(c4ccc(F)cc4)CCOCC3)c2)oc1C.